The van der Waals surface area contributed by atoms with Gasteiger partial charge in [0.05, 0.1) is 22.0 Å². The summed E-state index contributed by atoms with van der Waals surface area (Å²) in [5, 5.41) is 14.0. The van der Waals surface area contributed by atoms with Gasteiger partial charge in [0, 0.05) is 6.54 Å². The van der Waals surface area contributed by atoms with Crippen LogP contribution in [0.5, 0.6) is 0 Å². The molecule has 1 aliphatic carbocycles. The molecule has 1 saturated carbocycles. The fourth-order valence-electron chi connectivity index (χ4n) is 2.57. The monoisotopic (exact) mass is 286 g/mol. The summed E-state index contributed by atoms with van der Waals surface area (Å²) in [5.41, 5.74) is 2.36. The zero-order valence-electron chi connectivity index (χ0n) is 9.91. The summed E-state index contributed by atoms with van der Waals surface area (Å²) in [6, 6.07) is 0. The van der Waals surface area contributed by atoms with Crippen molar-refractivity contribution in [1.82, 2.24) is 9.78 Å². The van der Waals surface area contributed by atoms with Crippen molar-refractivity contribution in [3.8, 4) is 0 Å². The van der Waals surface area contributed by atoms with Gasteiger partial charge in [-0.1, -0.05) is 0 Å². The van der Waals surface area contributed by atoms with Crippen molar-refractivity contribution in [1.29, 1.82) is 0 Å². The van der Waals surface area contributed by atoms with Crippen LogP contribution < -0.4 is 0 Å². The van der Waals surface area contributed by atoms with Gasteiger partial charge >= 0.3 is 0 Å². The van der Waals surface area contributed by atoms with Crippen LogP contribution >= 0.6 is 15.9 Å². The van der Waals surface area contributed by atoms with Crippen molar-refractivity contribution in [2.75, 3.05) is 0 Å². The van der Waals surface area contributed by atoms with Crippen LogP contribution in [0.25, 0.3) is 0 Å². The van der Waals surface area contributed by atoms with Gasteiger partial charge in [0.1, 0.15) is 0 Å². The van der Waals surface area contributed by atoms with Crippen LogP contribution in [0, 0.1) is 12.8 Å². The Morgan fingerprint density at radius 1 is 1.50 bits per heavy atom. The molecule has 16 heavy (non-hydrogen) atoms. The first-order valence-electron chi connectivity index (χ1n) is 6.01. The summed E-state index contributed by atoms with van der Waals surface area (Å²) in [7, 11) is 0. The van der Waals surface area contributed by atoms with Crippen LogP contribution in [0.4, 0.5) is 0 Å². The Morgan fingerprint density at radius 2 is 2.25 bits per heavy atom. The molecule has 2 unspecified atom stereocenters. The van der Waals surface area contributed by atoms with E-state index in [1.807, 2.05) is 6.92 Å². The van der Waals surface area contributed by atoms with E-state index in [-0.39, 0.29) is 6.10 Å². The first kappa shape index (κ1) is 12.1. The minimum absolute atomic E-state index is 0.0807. The highest BCUT2D eigenvalue weighted by Crippen LogP contribution is 2.31. The minimum atomic E-state index is -0.0807. The third-order valence-corrected chi connectivity index (χ3v) is 4.48. The van der Waals surface area contributed by atoms with E-state index >= 15 is 0 Å². The number of aromatic nitrogens is 2. The Labute approximate surface area is 105 Å². The summed E-state index contributed by atoms with van der Waals surface area (Å²) < 4.78 is 3.22. The number of hydrogen-bond donors (Lipinski definition) is 1. The maximum atomic E-state index is 9.54. The van der Waals surface area contributed by atoms with Crippen LogP contribution in [0.3, 0.4) is 0 Å². The molecule has 0 bridgehead atoms. The molecule has 0 aromatic carbocycles. The highest BCUT2D eigenvalue weighted by Gasteiger charge is 2.25. The van der Waals surface area contributed by atoms with Gasteiger partial charge in [-0.15, -0.1) is 0 Å². The quantitative estimate of drug-likeness (QED) is 0.928. The molecule has 4 heteroatoms. The smallest absolute Gasteiger partial charge is 0.0738 e. The van der Waals surface area contributed by atoms with Gasteiger partial charge in [0.2, 0.25) is 0 Å². The van der Waals surface area contributed by atoms with Crippen molar-refractivity contribution in [2.45, 2.75) is 52.2 Å². The zero-order valence-corrected chi connectivity index (χ0v) is 11.5. The lowest BCUT2D eigenvalue weighted by atomic mass is 10.0. The summed E-state index contributed by atoms with van der Waals surface area (Å²) in [6.07, 6.45) is 4.00. The van der Waals surface area contributed by atoms with Crippen molar-refractivity contribution < 1.29 is 5.11 Å². The molecule has 0 amide bonds. The van der Waals surface area contributed by atoms with Crippen LogP contribution in [0.1, 0.15) is 37.6 Å². The zero-order chi connectivity index (χ0) is 11.7. The molecule has 1 N–H and O–H groups in total. The number of aliphatic hydroxyl groups excluding tert-OH is 1. The van der Waals surface area contributed by atoms with E-state index in [1.54, 1.807) is 0 Å². The van der Waals surface area contributed by atoms with Crippen molar-refractivity contribution in [3.63, 3.8) is 0 Å². The molecule has 2 rings (SSSR count). The van der Waals surface area contributed by atoms with Gasteiger partial charge in [-0.2, -0.15) is 5.10 Å². The maximum absolute atomic E-state index is 9.54. The Morgan fingerprint density at radius 3 is 2.81 bits per heavy atom. The molecular formula is C12H19BrN2O. The Hall–Kier alpha value is -0.350. The highest BCUT2D eigenvalue weighted by molar-refractivity contribution is 9.10. The lowest BCUT2D eigenvalue weighted by Gasteiger charge is -2.11. The largest absolute Gasteiger partial charge is 0.393 e. The van der Waals surface area contributed by atoms with Crippen LogP contribution in [0.15, 0.2) is 4.47 Å². The molecule has 1 heterocycles. The van der Waals surface area contributed by atoms with Gasteiger partial charge in [-0.05, 0) is 61.4 Å². The first-order chi connectivity index (χ1) is 7.61. The SMILES string of the molecule is CCn1nc(C)c(Br)c1CC1CCC(O)C1. The fourth-order valence-corrected chi connectivity index (χ4v) is 3.02. The van der Waals surface area contributed by atoms with Gasteiger partial charge in [0.25, 0.3) is 0 Å². The van der Waals surface area contributed by atoms with Gasteiger partial charge < -0.3 is 5.11 Å². The third-order valence-electron chi connectivity index (χ3n) is 3.45. The second-order valence-corrected chi connectivity index (χ2v) is 5.49. The third kappa shape index (κ3) is 2.33. The Kier molecular flexibility index (Phi) is 3.70. The molecular weight excluding hydrogens is 268 g/mol. The molecule has 1 fully saturated rings. The van der Waals surface area contributed by atoms with Crippen molar-refractivity contribution >= 4 is 15.9 Å². The Bertz CT molecular complexity index is 375. The lowest BCUT2D eigenvalue weighted by molar-refractivity contribution is 0.177. The first-order valence-corrected chi connectivity index (χ1v) is 6.81. The summed E-state index contributed by atoms with van der Waals surface area (Å²) in [6.45, 7) is 5.06. The molecule has 1 aromatic rings. The molecule has 0 aliphatic heterocycles. The van der Waals surface area contributed by atoms with E-state index < -0.39 is 0 Å². The van der Waals surface area contributed by atoms with Crippen molar-refractivity contribution in [2.24, 2.45) is 5.92 Å². The van der Waals surface area contributed by atoms with E-state index in [4.69, 9.17) is 0 Å². The van der Waals surface area contributed by atoms with Crippen LogP contribution in [0.2, 0.25) is 0 Å². The average molecular weight is 287 g/mol. The lowest BCUT2D eigenvalue weighted by Crippen LogP contribution is -2.09. The molecule has 3 nitrogen and oxygen atoms in total. The normalized spacial score (nSPS) is 25.2. The predicted molar refractivity (Wildman–Crippen MR) is 67.4 cm³/mol. The van der Waals surface area contributed by atoms with E-state index in [0.717, 1.165) is 42.4 Å². The fraction of sp³-hybridized carbons (Fsp3) is 0.750. The van der Waals surface area contributed by atoms with Gasteiger partial charge in [0.15, 0.2) is 0 Å². The summed E-state index contributed by atoms with van der Waals surface area (Å²) >= 11 is 3.62. The van der Waals surface area contributed by atoms with E-state index in [1.165, 1.54) is 5.69 Å². The van der Waals surface area contributed by atoms with E-state index in [2.05, 4.69) is 32.6 Å². The standard InChI is InChI=1S/C12H19BrN2O/c1-3-15-11(12(13)8(2)14-15)7-9-4-5-10(16)6-9/h9-10,16H,3-7H2,1-2H3. The summed E-state index contributed by atoms with van der Waals surface area (Å²) in [5.74, 6) is 0.618. The van der Waals surface area contributed by atoms with Crippen LogP contribution in [-0.2, 0) is 13.0 Å². The second kappa shape index (κ2) is 4.88. The number of aliphatic hydroxyl groups is 1. The number of halogens is 1. The molecule has 2 atom stereocenters. The van der Waals surface area contributed by atoms with E-state index in [9.17, 15) is 5.11 Å². The number of rotatable bonds is 3. The number of nitrogens with zero attached hydrogens (tertiary/aromatic N) is 2. The van der Waals surface area contributed by atoms with Gasteiger partial charge in [-0.3, -0.25) is 4.68 Å². The molecule has 90 valence electrons. The van der Waals surface area contributed by atoms with E-state index in [0.29, 0.717) is 5.92 Å². The predicted octanol–water partition coefficient (Wildman–Crippen LogP) is 2.68. The Balaban J connectivity index is 2.14. The number of aryl methyl sites for hydroxylation is 2. The average Bonchev–Trinajstić information content (AvgIpc) is 2.77. The molecule has 1 aliphatic rings. The highest BCUT2D eigenvalue weighted by atomic mass is 79.9. The maximum Gasteiger partial charge on any atom is 0.0738 e. The second-order valence-electron chi connectivity index (χ2n) is 4.70. The van der Waals surface area contributed by atoms with Gasteiger partial charge in [-0.25, -0.2) is 0 Å². The summed E-state index contributed by atoms with van der Waals surface area (Å²) in [4.78, 5) is 0. The topological polar surface area (TPSA) is 38.0 Å². The molecule has 0 radical (unpaired) electrons. The molecule has 0 spiro atoms. The minimum Gasteiger partial charge on any atom is -0.393 e. The van der Waals surface area contributed by atoms with Crippen molar-refractivity contribution in [3.05, 3.63) is 15.9 Å². The molecule has 1 aromatic heterocycles. The van der Waals surface area contributed by atoms with Crippen LogP contribution in [-0.4, -0.2) is 21.0 Å². The molecule has 0 saturated heterocycles. The number of hydrogen-bond acceptors (Lipinski definition) is 2.